The standard InChI is InChI=1S/C21H24Cl2N2O/c1-15(16-6-3-2-4-7-16)24-21(26)18-8-5-11-25(14-18)13-17-9-10-19(22)12-20(17)23/h2-4,6-7,9-10,12,15,18H,5,8,11,13-14H2,1H3,(H,24,26)/t15-,18-/m1/s1. The average Bonchev–Trinajstić information content (AvgIpc) is 2.65. The van der Waals surface area contributed by atoms with Crippen LogP contribution in [0.25, 0.3) is 0 Å². The number of likely N-dealkylation sites (tertiary alicyclic amines) is 1. The monoisotopic (exact) mass is 390 g/mol. The fourth-order valence-electron chi connectivity index (χ4n) is 3.46. The predicted molar refractivity (Wildman–Crippen MR) is 107 cm³/mol. The fraction of sp³-hybridized carbons (Fsp3) is 0.381. The van der Waals surface area contributed by atoms with Gasteiger partial charge in [0.1, 0.15) is 0 Å². The lowest BCUT2D eigenvalue weighted by atomic mass is 9.96. The Bertz CT molecular complexity index is 751. The quantitative estimate of drug-likeness (QED) is 0.771. The van der Waals surface area contributed by atoms with Gasteiger partial charge in [0.25, 0.3) is 0 Å². The van der Waals surface area contributed by atoms with Gasteiger partial charge in [-0.05, 0) is 49.6 Å². The number of halogens is 2. The van der Waals surface area contributed by atoms with Crippen molar-refractivity contribution in [3.63, 3.8) is 0 Å². The van der Waals surface area contributed by atoms with Crippen LogP contribution < -0.4 is 5.32 Å². The molecular formula is C21H24Cl2N2O. The van der Waals surface area contributed by atoms with Crippen LogP contribution in [0.5, 0.6) is 0 Å². The van der Waals surface area contributed by atoms with Gasteiger partial charge in [0, 0.05) is 23.1 Å². The number of rotatable bonds is 5. The molecule has 1 saturated heterocycles. The van der Waals surface area contributed by atoms with Gasteiger partial charge in [0.05, 0.1) is 12.0 Å². The van der Waals surface area contributed by atoms with Crippen LogP contribution in [0.1, 0.15) is 36.9 Å². The van der Waals surface area contributed by atoms with Crippen LogP contribution in [0.2, 0.25) is 10.0 Å². The third kappa shape index (κ3) is 5.00. The summed E-state index contributed by atoms with van der Waals surface area (Å²) in [6.07, 6.45) is 1.95. The Morgan fingerprint density at radius 2 is 2.00 bits per heavy atom. The molecule has 0 spiro atoms. The highest BCUT2D eigenvalue weighted by molar-refractivity contribution is 6.35. The van der Waals surface area contributed by atoms with Gasteiger partial charge in [-0.15, -0.1) is 0 Å². The molecule has 0 saturated carbocycles. The van der Waals surface area contributed by atoms with Gasteiger partial charge < -0.3 is 5.32 Å². The van der Waals surface area contributed by atoms with Crippen molar-refractivity contribution < 1.29 is 4.79 Å². The summed E-state index contributed by atoms with van der Waals surface area (Å²) >= 11 is 12.3. The molecule has 2 aromatic rings. The number of piperidine rings is 1. The van der Waals surface area contributed by atoms with E-state index in [1.165, 1.54) is 0 Å². The Labute approximate surface area is 165 Å². The topological polar surface area (TPSA) is 32.3 Å². The molecule has 0 aromatic heterocycles. The number of carbonyl (C=O) groups excluding carboxylic acids is 1. The molecule has 2 atom stereocenters. The molecule has 0 unspecified atom stereocenters. The summed E-state index contributed by atoms with van der Waals surface area (Å²) in [5.74, 6) is 0.147. The summed E-state index contributed by atoms with van der Waals surface area (Å²) < 4.78 is 0. The van der Waals surface area contributed by atoms with Gasteiger partial charge in [0.2, 0.25) is 5.91 Å². The molecule has 1 amide bonds. The Morgan fingerprint density at radius 3 is 2.73 bits per heavy atom. The maximum Gasteiger partial charge on any atom is 0.224 e. The largest absolute Gasteiger partial charge is 0.349 e. The fourth-order valence-corrected chi connectivity index (χ4v) is 3.93. The maximum absolute atomic E-state index is 12.7. The first kappa shape index (κ1) is 19.2. The van der Waals surface area contributed by atoms with E-state index in [9.17, 15) is 4.79 Å². The van der Waals surface area contributed by atoms with Crippen LogP contribution in [0.15, 0.2) is 48.5 Å². The number of amides is 1. The highest BCUT2D eigenvalue weighted by Crippen LogP contribution is 2.25. The predicted octanol–water partition coefficient (Wildman–Crippen LogP) is 5.08. The smallest absolute Gasteiger partial charge is 0.224 e. The van der Waals surface area contributed by atoms with Crippen LogP contribution in [-0.4, -0.2) is 23.9 Å². The van der Waals surface area contributed by atoms with Crippen molar-refractivity contribution in [1.29, 1.82) is 0 Å². The zero-order chi connectivity index (χ0) is 18.5. The third-order valence-corrected chi connectivity index (χ3v) is 5.53. The normalized spacial score (nSPS) is 19.1. The SMILES string of the molecule is C[C@@H](NC(=O)[C@@H]1CCCN(Cc2ccc(Cl)cc2Cl)C1)c1ccccc1. The van der Waals surface area contributed by atoms with Crippen LogP contribution >= 0.6 is 23.2 Å². The minimum absolute atomic E-state index is 0.0148. The number of nitrogens with zero attached hydrogens (tertiary/aromatic N) is 1. The Hall–Kier alpha value is -1.55. The second kappa shape index (κ2) is 8.90. The molecular weight excluding hydrogens is 367 g/mol. The van der Waals surface area contributed by atoms with E-state index in [0.717, 1.165) is 43.6 Å². The first-order chi connectivity index (χ1) is 12.5. The van der Waals surface area contributed by atoms with E-state index in [0.29, 0.717) is 10.0 Å². The van der Waals surface area contributed by atoms with E-state index in [1.807, 2.05) is 49.4 Å². The molecule has 3 nitrogen and oxygen atoms in total. The number of carbonyl (C=O) groups is 1. The molecule has 1 N–H and O–H groups in total. The van der Waals surface area contributed by atoms with Crippen molar-refractivity contribution in [2.24, 2.45) is 5.92 Å². The summed E-state index contributed by atoms with van der Waals surface area (Å²) in [5, 5.41) is 4.49. The van der Waals surface area contributed by atoms with E-state index in [2.05, 4.69) is 10.2 Å². The van der Waals surface area contributed by atoms with Crippen molar-refractivity contribution in [2.45, 2.75) is 32.4 Å². The van der Waals surface area contributed by atoms with Gasteiger partial charge in [0.15, 0.2) is 0 Å². The summed E-state index contributed by atoms with van der Waals surface area (Å²) in [7, 11) is 0. The average molecular weight is 391 g/mol. The molecule has 1 aliphatic rings. The molecule has 0 radical (unpaired) electrons. The van der Waals surface area contributed by atoms with E-state index < -0.39 is 0 Å². The third-order valence-electron chi connectivity index (χ3n) is 4.94. The van der Waals surface area contributed by atoms with Crippen molar-refractivity contribution in [3.8, 4) is 0 Å². The Balaban J connectivity index is 1.58. The number of benzene rings is 2. The van der Waals surface area contributed by atoms with E-state index in [4.69, 9.17) is 23.2 Å². The van der Waals surface area contributed by atoms with Crippen molar-refractivity contribution in [3.05, 3.63) is 69.7 Å². The maximum atomic E-state index is 12.7. The second-order valence-electron chi connectivity index (χ2n) is 6.95. The molecule has 0 bridgehead atoms. The van der Waals surface area contributed by atoms with Gasteiger partial charge in [-0.2, -0.15) is 0 Å². The Kier molecular flexibility index (Phi) is 6.58. The summed E-state index contributed by atoms with van der Waals surface area (Å²) in [4.78, 5) is 15.0. The highest BCUT2D eigenvalue weighted by Gasteiger charge is 2.27. The van der Waals surface area contributed by atoms with Gasteiger partial charge in [-0.1, -0.05) is 59.6 Å². The minimum atomic E-state index is 0.0148. The summed E-state index contributed by atoms with van der Waals surface area (Å²) in [5.41, 5.74) is 2.18. The van der Waals surface area contributed by atoms with Gasteiger partial charge >= 0.3 is 0 Å². The lowest BCUT2D eigenvalue weighted by Gasteiger charge is -2.32. The zero-order valence-corrected chi connectivity index (χ0v) is 16.4. The Morgan fingerprint density at radius 1 is 1.23 bits per heavy atom. The first-order valence-electron chi connectivity index (χ1n) is 9.04. The van der Waals surface area contributed by atoms with E-state index in [1.54, 1.807) is 6.07 Å². The molecule has 1 heterocycles. The van der Waals surface area contributed by atoms with Crippen molar-refractivity contribution in [1.82, 2.24) is 10.2 Å². The first-order valence-corrected chi connectivity index (χ1v) is 9.80. The van der Waals surface area contributed by atoms with E-state index in [-0.39, 0.29) is 17.9 Å². The van der Waals surface area contributed by atoms with Gasteiger partial charge in [-0.3, -0.25) is 9.69 Å². The number of hydrogen-bond donors (Lipinski definition) is 1. The van der Waals surface area contributed by atoms with Crippen LogP contribution in [0.4, 0.5) is 0 Å². The lowest BCUT2D eigenvalue weighted by molar-refractivity contribution is -0.127. The van der Waals surface area contributed by atoms with Crippen LogP contribution in [0.3, 0.4) is 0 Å². The molecule has 3 rings (SSSR count). The van der Waals surface area contributed by atoms with E-state index >= 15 is 0 Å². The molecule has 138 valence electrons. The lowest BCUT2D eigenvalue weighted by Crippen LogP contribution is -2.43. The summed E-state index contributed by atoms with van der Waals surface area (Å²) in [6.45, 7) is 4.51. The van der Waals surface area contributed by atoms with Crippen LogP contribution in [-0.2, 0) is 11.3 Å². The highest BCUT2D eigenvalue weighted by atomic mass is 35.5. The molecule has 0 aliphatic carbocycles. The molecule has 1 fully saturated rings. The van der Waals surface area contributed by atoms with Crippen LogP contribution in [0, 0.1) is 5.92 Å². The number of hydrogen-bond acceptors (Lipinski definition) is 2. The van der Waals surface area contributed by atoms with Crippen molar-refractivity contribution >= 4 is 29.1 Å². The van der Waals surface area contributed by atoms with Crippen molar-refractivity contribution in [2.75, 3.05) is 13.1 Å². The molecule has 26 heavy (non-hydrogen) atoms. The number of nitrogens with one attached hydrogen (secondary N) is 1. The zero-order valence-electron chi connectivity index (χ0n) is 14.9. The second-order valence-corrected chi connectivity index (χ2v) is 7.79. The summed E-state index contributed by atoms with van der Waals surface area (Å²) in [6, 6.07) is 15.7. The molecule has 2 aromatic carbocycles. The molecule has 1 aliphatic heterocycles. The van der Waals surface area contributed by atoms with Gasteiger partial charge in [-0.25, -0.2) is 0 Å². The molecule has 5 heteroatoms. The minimum Gasteiger partial charge on any atom is -0.349 e.